The van der Waals surface area contributed by atoms with Crippen LogP contribution in [0.15, 0.2) is 170 Å². The molecule has 0 unspecified atom stereocenters. The van der Waals surface area contributed by atoms with Gasteiger partial charge in [-0.3, -0.25) is 0 Å². The zero-order valence-corrected chi connectivity index (χ0v) is 31.2. The monoisotopic (exact) mass is 688 g/mol. The molecule has 0 aliphatic heterocycles. The number of hydrogen-bond acceptors (Lipinski definition) is 0. The standard InChI is InChI=1S/C54H40/c1-53(2)46-28-16-14-22-36(46)44-32-45-37-23-15-17-29-47(37)54(3,4)52(45)50(51(44)53)43-31-30-42(34-20-8-9-21-35(34)43)49-40-26-12-10-24-38(40)48(33-18-6-5-7-19-33)39-25-11-13-27-41(39)49/h5-32H,1-4H3. The van der Waals surface area contributed by atoms with Crippen LogP contribution in [0, 0.1) is 0 Å². The van der Waals surface area contributed by atoms with Crippen LogP contribution >= 0.6 is 0 Å². The number of fused-ring (bicyclic) bond motifs is 9. The Kier molecular flexibility index (Phi) is 6.46. The Bertz CT molecular complexity index is 2890. The summed E-state index contributed by atoms with van der Waals surface area (Å²) < 4.78 is 0. The van der Waals surface area contributed by atoms with Crippen LogP contribution in [0.1, 0.15) is 49.9 Å². The lowest BCUT2D eigenvalue weighted by Crippen LogP contribution is -2.21. The lowest BCUT2D eigenvalue weighted by molar-refractivity contribution is 0.642. The van der Waals surface area contributed by atoms with Crippen molar-refractivity contribution in [3.05, 3.63) is 192 Å². The molecule has 0 heterocycles. The fourth-order valence-electron chi connectivity index (χ4n) is 10.5. The van der Waals surface area contributed by atoms with Crippen molar-refractivity contribution in [3.63, 3.8) is 0 Å². The molecule has 0 fully saturated rings. The summed E-state index contributed by atoms with van der Waals surface area (Å²) in [4.78, 5) is 0. The van der Waals surface area contributed by atoms with E-state index in [1.807, 2.05) is 0 Å². The third kappa shape index (κ3) is 4.09. The maximum atomic E-state index is 2.53. The highest BCUT2D eigenvalue weighted by atomic mass is 14.5. The smallest absolute Gasteiger partial charge is 0.0165 e. The van der Waals surface area contributed by atoms with E-state index in [1.54, 1.807) is 0 Å². The average molecular weight is 689 g/mol. The van der Waals surface area contributed by atoms with E-state index in [0.717, 1.165) is 0 Å². The zero-order chi connectivity index (χ0) is 36.3. The van der Waals surface area contributed by atoms with Gasteiger partial charge in [0.1, 0.15) is 0 Å². The van der Waals surface area contributed by atoms with Crippen LogP contribution in [0.25, 0.3) is 88.0 Å². The summed E-state index contributed by atoms with van der Waals surface area (Å²) in [6.45, 7) is 9.75. The lowest BCUT2D eigenvalue weighted by Gasteiger charge is -2.31. The van der Waals surface area contributed by atoms with E-state index in [2.05, 4.69) is 198 Å². The first-order valence-corrected chi connectivity index (χ1v) is 19.3. The molecule has 0 saturated carbocycles. The fraction of sp³-hybridized carbons (Fsp3) is 0.111. The third-order valence-corrected chi connectivity index (χ3v) is 12.8. The van der Waals surface area contributed by atoms with Crippen LogP contribution in [0.5, 0.6) is 0 Å². The fourth-order valence-corrected chi connectivity index (χ4v) is 10.5. The largest absolute Gasteiger partial charge is 0.0622 e. The molecule has 0 N–H and O–H groups in total. The van der Waals surface area contributed by atoms with Crippen molar-refractivity contribution in [3.8, 4) is 55.6 Å². The number of rotatable bonds is 3. The molecular weight excluding hydrogens is 649 g/mol. The van der Waals surface area contributed by atoms with Crippen molar-refractivity contribution in [1.29, 1.82) is 0 Å². The molecule has 0 atom stereocenters. The first-order chi connectivity index (χ1) is 26.4. The van der Waals surface area contributed by atoms with Gasteiger partial charge in [0, 0.05) is 10.8 Å². The second kappa shape index (κ2) is 11.1. The zero-order valence-electron chi connectivity index (χ0n) is 31.2. The Morgan fingerprint density at radius 3 is 1.13 bits per heavy atom. The molecule has 54 heavy (non-hydrogen) atoms. The van der Waals surface area contributed by atoms with Crippen molar-refractivity contribution in [2.24, 2.45) is 0 Å². The average Bonchev–Trinajstić information content (AvgIpc) is 3.59. The van der Waals surface area contributed by atoms with E-state index in [1.165, 1.54) is 110 Å². The van der Waals surface area contributed by atoms with Crippen molar-refractivity contribution >= 4 is 32.3 Å². The molecule has 0 nitrogen and oxygen atoms in total. The van der Waals surface area contributed by atoms with Crippen molar-refractivity contribution < 1.29 is 0 Å². The van der Waals surface area contributed by atoms with Crippen LogP contribution in [0.3, 0.4) is 0 Å². The van der Waals surface area contributed by atoms with Gasteiger partial charge < -0.3 is 0 Å². The number of hydrogen-bond donors (Lipinski definition) is 0. The first kappa shape index (κ1) is 31.3. The van der Waals surface area contributed by atoms with Gasteiger partial charge >= 0.3 is 0 Å². The van der Waals surface area contributed by atoms with Gasteiger partial charge in [0.2, 0.25) is 0 Å². The second-order valence-electron chi connectivity index (χ2n) is 16.4. The van der Waals surface area contributed by atoms with Gasteiger partial charge in [-0.05, 0) is 116 Å². The van der Waals surface area contributed by atoms with Gasteiger partial charge in [-0.25, -0.2) is 0 Å². The van der Waals surface area contributed by atoms with Gasteiger partial charge in [0.25, 0.3) is 0 Å². The molecule has 0 amide bonds. The summed E-state index contributed by atoms with van der Waals surface area (Å²) in [5, 5.41) is 7.70. The highest BCUT2D eigenvalue weighted by Crippen LogP contribution is 2.61. The molecule has 0 heteroatoms. The predicted molar refractivity (Wildman–Crippen MR) is 230 cm³/mol. The first-order valence-electron chi connectivity index (χ1n) is 19.3. The molecule has 9 aromatic rings. The SMILES string of the molecule is CC1(C)c2ccccc2-c2cc3c(c(-c4ccc(-c5c6ccccc6c(-c6ccccc6)c6ccccc56)c5ccccc45)c21)C(C)(C)c1ccccc1-3. The Morgan fingerprint density at radius 2 is 0.648 bits per heavy atom. The van der Waals surface area contributed by atoms with Crippen LogP contribution in [-0.4, -0.2) is 0 Å². The second-order valence-corrected chi connectivity index (χ2v) is 16.4. The maximum Gasteiger partial charge on any atom is 0.0165 e. The van der Waals surface area contributed by atoms with Crippen LogP contribution in [0.4, 0.5) is 0 Å². The lowest BCUT2D eigenvalue weighted by atomic mass is 9.71. The molecule has 9 aromatic carbocycles. The molecule has 11 rings (SSSR count). The van der Waals surface area contributed by atoms with E-state index in [0.29, 0.717) is 0 Å². The summed E-state index contributed by atoms with van der Waals surface area (Å²) in [6.07, 6.45) is 0. The van der Waals surface area contributed by atoms with Crippen LogP contribution in [0.2, 0.25) is 0 Å². The van der Waals surface area contributed by atoms with Crippen molar-refractivity contribution in [1.82, 2.24) is 0 Å². The molecule has 0 spiro atoms. The Labute approximate surface area is 317 Å². The summed E-state index contributed by atoms with van der Waals surface area (Å²) in [7, 11) is 0. The summed E-state index contributed by atoms with van der Waals surface area (Å²) >= 11 is 0. The molecule has 0 saturated heterocycles. The summed E-state index contributed by atoms with van der Waals surface area (Å²) in [5.74, 6) is 0. The van der Waals surface area contributed by atoms with Crippen molar-refractivity contribution in [2.75, 3.05) is 0 Å². The molecule has 0 aromatic heterocycles. The Balaban J connectivity index is 1.26. The minimum absolute atomic E-state index is 0.166. The number of benzene rings is 9. The van der Waals surface area contributed by atoms with E-state index >= 15 is 0 Å². The van der Waals surface area contributed by atoms with Gasteiger partial charge in [0.05, 0.1) is 0 Å². The van der Waals surface area contributed by atoms with Gasteiger partial charge in [-0.2, -0.15) is 0 Å². The van der Waals surface area contributed by atoms with Crippen LogP contribution < -0.4 is 0 Å². The predicted octanol–water partition coefficient (Wildman–Crippen LogP) is 14.8. The molecular formula is C54H40. The van der Waals surface area contributed by atoms with E-state index < -0.39 is 0 Å². The van der Waals surface area contributed by atoms with Crippen molar-refractivity contribution in [2.45, 2.75) is 38.5 Å². The Hall–Kier alpha value is -6.24. The highest BCUT2D eigenvalue weighted by molar-refractivity contribution is 6.24. The molecule has 0 radical (unpaired) electrons. The molecule has 2 aliphatic rings. The van der Waals surface area contributed by atoms with Gasteiger partial charge in [-0.1, -0.05) is 191 Å². The third-order valence-electron chi connectivity index (χ3n) is 12.8. The minimum atomic E-state index is -0.166. The van der Waals surface area contributed by atoms with Gasteiger partial charge in [-0.15, -0.1) is 0 Å². The normalized spacial score (nSPS) is 14.6. The quantitative estimate of drug-likeness (QED) is 0.162. The summed E-state index contributed by atoms with van der Waals surface area (Å²) in [6, 6.07) is 63.7. The van der Waals surface area contributed by atoms with Crippen LogP contribution in [-0.2, 0) is 10.8 Å². The van der Waals surface area contributed by atoms with E-state index in [-0.39, 0.29) is 10.8 Å². The van der Waals surface area contributed by atoms with E-state index in [4.69, 9.17) is 0 Å². The summed E-state index contributed by atoms with van der Waals surface area (Å²) in [5.41, 5.74) is 18.7. The highest BCUT2D eigenvalue weighted by Gasteiger charge is 2.45. The van der Waals surface area contributed by atoms with E-state index in [9.17, 15) is 0 Å². The Morgan fingerprint density at radius 1 is 0.278 bits per heavy atom. The minimum Gasteiger partial charge on any atom is -0.0622 e. The van der Waals surface area contributed by atoms with Gasteiger partial charge in [0.15, 0.2) is 0 Å². The molecule has 0 bridgehead atoms. The topological polar surface area (TPSA) is 0 Å². The molecule has 2 aliphatic carbocycles. The maximum absolute atomic E-state index is 2.53. The molecule has 256 valence electrons.